The van der Waals surface area contributed by atoms with Crippen LogP contribution < -0.4 is 10.6 Å². The molecule has 5 heteroatoms. The molecule has 27 heavy (non-hydrogen) atoms. The van der Waals surface area contributed by atoms with Crippen LogP contribution in [0.3, 0.4) is 0 Å². The molecule has 1 fully saturated rings. The molecule has 1 heterocycles. The number of benzene rings is 2. The van der Waals surface area contributed by atoms with Crippen LogP contribution in [0.5, 0.6) is 0 Å². The average molecular weight is 365 g/mol. The van der Waals surface area contributed by atoms with Crippen molar-refractivity contribution in [1.82, 2.24) is 4.90 Å². The zero-order chi connectivity index (χ0) is 19.1. The van der Waals surface area contributed by atoms with E-state index in [1.807, 2.05) is 60.4 Å². The number of amides is 2. The van der Waals surface area contributed by atoms with Crippen LogP contribution in [0.1, 0.15) is 41.6 Å². The summed E-state index contributed by atoms with van der Waals surface area (Å²) in [4.78, 5) is 26.6. The maximum Gasteiger partial charge on any atom is 0.253 e. The lowest BCUT2D eigenvalue weighted by Crippen LogP contribution is -2.31. The molecule has 2 aromatic rings. The van der Waals surface area contributed by atoms with Crippen LogP contribution in [-0.2, 0) is 4.79 Å². The SMILES string of the molecule is Cc1ccc(NC(=O)CNc2ccc(C(=O)N3CCCCCC3)cc2)cc1. The van der Waals surface area contributed by atoms with Gasteiger partial charge in [-0.05, 0) is 56.2 Å². The molecule has 2 N–H and O–H groups in total. The van der Waals surface area contributed by atoms with Gasteiger partial charge in [0.2, 0.25) is 5.91 Å². The number of rotatable bonds is 5. The van der Waals surface area contributed by atoms with Crippen LogP contribution >= 0.6 is 0 Å². The van der Waals surface area contributed by atoms with Crippen molar-refractivity contribution in [3.8, 4) is 0 Å². The lowest BCUT2D eigenvalue weighted by atomic mass is 10.1. The first-order valence-corrected chi connectivity index (χ1v) is 9.61. The smallest absolute Gasteiger partial charge is 0.253 e. The second-order valence-corrected chi connectivity index (χ2v) is 7.05. The minimum Gasteiger partial charge on any atom is -0.376 e. The van der Waals surface area contributed by atoms with Crippen LogP contribution in [-0.4, -0.2) is 36.3 Å². The highest BCUT2D eigenvalue weighted by molar-refractivity contribution is 5.95. The molecule has 3 rings (SSSR count). The molecule has 1 saturated heterocycles. The van der Waals surface area contributed by atoms with Gasteiger partial charge in [0.05, 0.1) is 6.54 Å². The second-order valence-electron chi connectivity index (χ2n) is 7.05. The quantitative estimate of drug-likeness (QED) is 0.840. The van der Waals surface area contributed by atoms with E-state index in [0.29, 0.717) is 5.56 Å². The summed E-state index contributed by atoms with van der Waals surface area (Å²) in [6, 6.07) is 15.1. The molecule has 2 aromatic carbocycles. The first-order chi connectivity index (χ1) is 13.1. The third-order valence-corrected chi connectivity index (χ3v) is 4.81. The maximum absolute atomic E-state index is 12.6. The van der Waals surface area contributed by atoms with E-state index in [0.717, 1.165) is 42.9 Å². The van der Waals surface area contributed by atoms with Crippen LogP contribution in [0.15, 0.2) is 48.5 Å². The summed E-state index contributed by atoms with van der Waals surface area (Å²) < 4.78 is 0. The monoisotopic (exact) mass is 365 g/mol. The van der Waals surface area contributed by atoms with Crippen molar-refractivity contribution in [2.45, 2.75) is 32.6 Å². The summed E-state index contributed by atoms with van der Waals surface area (Å²) in [5.74, 6) is -0.0101. The molecule has 0 aromatic heterocycles. The van der Waals surface area contributed by atoms with E-state index in [1.165, 1.54) is 12.8 Å². The average Bonchev–Trinajstić information content (AvgIpc) is 2.97. The van der Waals surface area contributed by atoms with Gasteiger partial charge in [-0.2, -0.15) is 0 Å². The Morgan fingerprint density at radius 1 is 0.852 bits per heavy atom. The summed E-state index contributed by atoms with van der Waals surface area (Å²) in [5, 5.41) is 5.95. The summed E-state index contributed by atoms with van der Waals surface area (Å²) in [6.07, 6.45) is 4.58. The third kappa shape index (κ3) is 5.58. The topological polar surface area (TPSA) is 61.4 Å². The summed E-state index contributed by atoms with van der Waals surface area (Å²) in [5.41, 5.74) is 3.46. The Labute approximate surface area is 160 Å². The molecular weight excluding hydrogens is 338 g/mol. The highest BCUT2D eigenvalue weighted by Gasteiger charge is 2.17. The Morgan fingerprint density at radius 3 is 2.07 bits per heavy atom. The number of aryl methyl sites for hydroxylation is 1. The van der Waals surface area contributed by atoms with E-state index in [1.54, 1.807) is 0 Å². The zero-order valence-electron chi connectivity index (χ0n) is 15.8. The largest absolute Gasteiger partial charge is 0.376 e. The minimum atomic E-state index is -0.108. The highest BCUT2D eigenvalue weighted by Crippen LogP contribution is 2.16. The number of carbonyl (C=O) groups excluding carboxylic acids is 2. The Morgan fingerprint density at radius 2 is 1.44 bits per heavy atom. The highest BCUT2D eigenvalue weighted by atomic mass is 16.2. The van der Waals surface area contributed by atoms with E-state index in [9.17, 15) is 9.59 Å². The fourth-order valence-electron chi connectivity index (χ4n) is 3.21. The fraction of sp³-hybridized carbons (Fsp3) is 0.364. The van der Waals surface area contributed by atoms with Crippen LogP contribution in [0.2, 0.25) is 0 Å². The van der Waals surface area contributed by atoms with Gasteiger partial charge in [0.1, 0.15) is 0 Å². The predicted octanol–water partition coefficient (Wildman–Crippen LogP) is 4.06. The molecule has 0 atom stereocenters. The van der Waals surface area contributed by atoms with Crippen molar-refractivity contribution in [1.29, 1.82) is 0 Å². The van der Waals surface area contributed by atoms with Crippen molar-refractivity contribution < 1.29 is 9.59 Å². The van der Waals surface area contributed by atoms with Gasteiger partial charge in [0.25, 0.3) is 5.91 Å². The molecule has 0 aliphatic carbocycles. The lowest BCUT2D eigenvalue weighted by Gasteiger charge is -2.20. The van der Waals surface area contributed by atoms with Gasteiger partial charge in [-0.25, -0.2) is 0 Å². The van der Waals surface area contributed by atoms with Gasteiger partial charge >= 0.3 is 0 Å². The molecule has 0 bridgehead atoms. The zero-order valence-corrected chi connectivity index (χ0v) is 15.8. The standard InChI is InChI=1S/C22H27N3O2/c1-17-6-10-20(11-7-17)24-21(26)16-23-19-12-8-18(9-13-19)22(27)25-14-4-2-3-5-15-25/h6-13,23H,2-5,14-16H2,1H3,(H,24,26). The molecule has 1 aliphatic heterocycles. The van der Waals surface area contributed by atoms with E-state index in [-0.39, 0.29) is 18.4 Å². The van der Waals surface area contributed by atoms with Gasteiger partial charge in [-0.15, -0.1) is 0 Å². The number of likely N-dealkylation sites (tertiary alicyclic amines) is 1. The van der Waals surface area contributed by atoms with E-state index >= 15 is 0 Å². The molecule has 2 amide bonds. The third-order valence-electron chi connectivity index (χ3n) is 4.81. The van der Waals surface area contributed by atoms with Crippen LogP contribution in [0.25, 0.3) is 0 Å². The number of carbonyl (C=O) groups is 2. The molecule has 0 unspecified atom stereocenters. The number of hydrogen-bond acceptors (Lipinski definition) is 3. The first kappa shape index (κ1) is 19.0. The predicted molar refractivity (Wildman–Crippen MR) is 109 cm³/mol. The van der Waals surface area contributed by atoms with Crippen molar-refractivity contribution >= 4 is 23.2 Å². The van der Waals surface area contributed by atoms with Crippen molar-refractivity contribution in [3.63, 3.8) is 0 Å². The molecular formula is C22H27N3O2. The van der Waals surface area contributed by atoms with Crippen molar-refractivity contribution in [3.05, 3.63) is 59.7 Å². The molecule has 0 spiro atoms. The van der Waals surface area contributed by atoms with Crippen LogP contribution in [0.4, 0.5) is 11.4 Å². The lowest BCUT2D eigenvalue weighted by molar-refractivity contribution is -0.114. The molecule has 5 nitrogen and oxygen atoms in total. The van der Waals surface area contributed by atoms with Gasteiger partial charge in [-0.3, -0.25) is 9.59 Å². The normalized spacial score (nSPS) is 14.3. The maximum atomic E-state index is 12.6. The van der Waals surface area contributed by atoms with Gasteiger partial charge < -0.3 is 15.5 Å². The van der Waals surface area contributed by atoms with Gasteiger partial charge in [0.15, 0.2) is 0 Å². The molecule has 0 radical (unpaired) electrons. The fourth-order valence-corrected chi connectivity index (χ4v) is 3.21. The summed E-state index contributed by atoms with van der Waals surface area (Å²) in [7, 11) is 0. The number of hydrogen-bond donors (Lipinski definition) is 2. The molecule has 142 valence electrons. The number of nitrogens with zero attached hydrogens (tertiary/aromatic N) is 1. The van der Waals surface area contributed by atoms with Crippen molar-refractivity contribution in [2.24, 2.45) is 0 Å². The van der Waals surface area contributed by atoms with Gasteiger partial charge in [0, 0.05) is 30.0 Å². The van der Waals surface area contributed by atoms with E-state index in [4.69, 9.17) is 0 Å². The summed E-state index contributed by atoms with van der Waals surface area (Å²) in [6.45, 7) is 3.87. The first-order valence-electron chi connectivity index (χ1n) is 9.61. The molecule has 0 saturated carbocycles. The Balaban J connectivity index is 1.50. The van der Waals surface area contributed by atoms with Crippen LogP contribution in [0, 0.1) is 6.92 Å². The Bertz CT molecular complexity index is 761. The summed E-state index contributed by atoms with van der Waals surface area (Å²) >= 11 is 0. The number of anilines is 2. The Kier molecular flexibility index (Phi) is 6.47. The van der Waals surface area contributed by atoms with E-state index < -0.39 is 0 Å². The number of nitrogens with one attached hydrogen (secondary N) is 2. The second kappa shape index (κ2) is 9.21. The molecule has 1 aliphatic rings. The van der Waals surface area contributed by atoms with E-state index in [2.05, 4.69) is 10.6 Å². The van der Waals surface area contributed by atoms with Gasteiger partial charge in [-0.1, -0.05) is 30.5 Å². The Hall–Kier alpha value is -2.82. The minimum absolute atomic E-state index is 0.0977. The van der Waals surface area contributed by atoms with Crippen molar-refractivity contribution in [2.75, 3.05) is 30.3 Å².